The highest BCUT2D eigenvalue weighted by atomic mass is 32.2. The zero-order valence-corrected chi connectivity index (χ0v) is 15.1. The van der Waals surface area contributed by atoms with Crippen LogP contribution >= 0.6 is 0 Å². The van der Waals surface area contributed by atoms with Gasteiger partial charge in [0.15, 0.2) is 5.78 Å². The van der Waals surface area contributed by atoms with Gasteiger partial charge in [-0.15, -0.1) is 0 Å². The van der Waals surface area contributed by atoms with Gasteiger partial charge in [-0.05, 0) is 55.3 Å². The standard InChI is InChI=1S/C20H20FNO3S/c21-19-7-3-2-6-16(19)10-13-20(23)17-8-11-18(12-9-17)26(24,25)22-14-4-1-5-15-22/h2-3,6-13H,1,4-5,14-15H2. The maximum Gasteiger partial charge on any atom is 0.243 e. The zero-order chi connectivity index (χ0) is 18.6. The van der Waals surface area contributed by atoms with E-state index in [1.807, 2.05) is 0 Å². The van der Waals surface area contributed by atoms with Crippen LogP contribution in [-0.2, 0) is 10.0 Å². The van der Waals surface area contributed by atoms with E-state index in [1.165, 1.54) is 46.8 Å². The number of carbonyl (C=O) groups is 1. The summed E-state index contributed by atoms with van der Waals surface area (Å²) in [5.74, 6) is -0.713. The largest absolute Gasteiger partial charge is 0.289 e. The van der Waals surface area contributed by atoms with Crippen molar-refractivity contribution in [1.82, 2.24) is 4.31 Å². The summed E-state index contributed by atoms with van der Waals surface area (Å²) in [7, 11) is -3.51. The Morgan fingerprint density at radius 3 is 2.27 bits per heavy atom. The molecule has 26 heavy (non-hydrogen) atoms. The topological polar surface area (TPSA) is 54.5 Å². The average Bonchev–Trinajstić information content (AvgIpc) is 2.68. The van der Waals surface area contributed by atoms with Crippen molar-refractivity contribution >= 4 is 21.9 Å². The molecule has 1 fully saturated rings. The van der Waals surface area contributed by atoms with Crippen molar-refractivity contribution in [3.05, 3.63) is 71.6 Å². The summed E-state index contributed by atoms with van der Waals surface area (Å²) < 4.78 is 40.3. The van der Waals surface area contributed by atoms with Crippen molar-refractivity contribution < 1.29 is 17.6 Å². The number of benzene rings is 2. The third-order valence-electron chi connectivity index (χ3n) is 4.41. The summed E-state index contributed by atoms with van der Waals surface area (Å²) in [6, 6.07) is 12.1. The van der Waals surface area contributed by atoms with Crippen molar-refractivity contribution in [2.24, 2.45) is 0 Å². The third kappa shape index (κ3) is 4.08. The molecule has 0 N–H and O–H groups in total. The Labute approximate surface area is 153 Å². The maximum atomic E-state index is 13.6. The molecular formula is C20H20FNO3S. The van der Waals surface area contributed by atoms with Gasteiger partial charge in [0.2, 0.25) is 10.0 Å². The monoisotopic (exact) mass is 373 g/mol. The molecule has 0 atom stereocenters. The van der Waals surface area contributed by atoms with Gasteiger partial charge < -0.3 is 0 Å². The molecule has 0 aromatic heterocycles. The van der Waals surface area contributed by atoms with Gasteiger partial charge in [0.1, 0.15) is 5.82 Å². The summed E-state index contributed by atoms with van der Waals surface area (Å²) in [6.07, 6.45) is 5.49. The van der Waals surface area contributed by atoms with Gasteiger partial charge in [0, 0.05) is 24.2 Å². The lowest BCUT2D eigenvalue weighted by Crippen LogP contribution is -2.35. The van der Waals surface area contributed by atoms with Crippen molar-refractivity contribution in [3.8, 4) is 0 Å². The Kier molecular flexibility index (Phi) is 5.64. The van der Waals surface area contributed by atoms with E-state index in [0.29, 0.717) is 24.2 Å². The summed E-state index contributed by atoms with van der Waals surface area (Å²) in [5.41, 5.74) is 0.681. The number of carbonyl (C=O) groups excluding carboxylic acids is 1. The van der Waals surface area contributed by atoms with Crippen LogP contribution in [0.3, 0.4) is 0 Å². The van der Waals surface area contributed by atoms with E-state index in [4.69, 9.17) is 0 Å². The number of allylic oxidation sites excluding steroid dienone is 1. The minimum Gasteiger partial charge on any atom is -0.289 e. The molecule has 0 aliphatic carbocycles. The zero-order valence-electron chi connectivity index (χ0n) is 14.3. The molecule has 0 radical (unpaired) electrons. The Hall–Kier alpha value is -2.31. The van der Waals surface area contributed by atoms with Crippen molar-refractivity contribution in [2.75, 3.05) is 13.1 Å². The third-order valence-corrected chi connectivity index (χ3v) is 6.32. The minimum atomic E-state index is -3.51. The second-order valence-corrected chi connectivity index (χ2v) is 8.15. The molecule has 0 saturated carbocycles. The van der Waals surface area contributed by atoms with Gasteiger partial charge in [0.05, 0.1) is 4.90 Å². The first-order chi connectivity index (χ1) is 12.5. The number of rotatable bonds is 5. The second-order valence-electron chi connectivity index (χ2n) is 6.21. The van der Waals surface area contributed by atoms with E-state index in [9.17, 15) is 17.6 Å². The molecule has 4 nitrogen and oxygen atoms in total. The summed E-state index contributed by atoms with van der Waals surface area (Å²) in [5, 5.41) is 0. The van der Waals surface area contributed by atoms with Gasteiger partial charge in [-0.3, -0.25) is 4.79 Å². The van der Waals surface area contributed by atoms with Gasteiger partial charge in [-0.25, -0.2) is 12.8 Å². The van der Waals surface area contributed by atoms with Gasteiger partial charge in [-0.2, -0.15) is 4.31 Å². The molecule has 3 rings (SSSR count). The quantitative estimate of drug-likeness (QED) is 0.590. The lowest BCUT2D eigenvalue weighted by molar-refractivity contribution is 0.104. The molecular weight excluding hydrogens is 353 g/mol. The van der Waals surface area contributed by atoms with Crippen LogP contribution in [0, 0.1) is 5.82 Å². The Morgan fingerprint density at radius 2 is 1.62 bits per heavy atom. The molecule has 2 aromatic rings. The number of sulfonamides is 1. The first-order valence-electron chi connectivity index (χ1n) is 8.55. The molecule has 6 heteroatoms. The van der Waals surface area contributed by atoms with Crippen molar-refractivity contribution in [3.63, 3.8) is 0 Å². The van der Waals surface area contributed by atoms with Gasteiger partial charge in [-0.1, -0.05) is 24.6 Å². The van der Waals surface area contributed by atoms with E-state index in [-0.39, 0.29) is 10.7 Å². The van der Waals surface area contributed by atoms with Crippen LogP contribution in [0.4, 0.5) is 4.39 Å². The van der Waals surface area contributed by atoms with Crippen LogP contribution in [0.5, 0.6) is 0 Å². The molecule has 0 spiro atoms. The first-order valence-corrected chi connectivity index (χ1v) is 10.00. The minimum absolute atomic E-state index is 0.189. The molecule has 0 bridgehead atoms. The van der Waals surface area contributed by atoms with Crippen LogP contribution < -0.4 is 0 Å². The van der Waals surface area contributed by atoms with Crippen LogP contribution in [0.15, 0.2) is 59.5 Å². The predicted molar refractivity (Wildman–Crippen MR) is 98.8 cm³/mol. The number of nitrogens with zero attached hydrogens (tertiary/aromatic N) is 1. The molecule has 0 unspecified atom stereocenters. The first kappa shape index (κ1) is 18.5. The number of ketones is 1. The lowest BCUT2D eigenvalue weighted by Gasteiger charge is -2.25. The van der Waals surface area contributed by atoms with E-state index >= 15 is 0 Å². The summed E-state index contributed by atoms with van der Waals surface area (Å²) in [4.78, 5) is 12.4. The Bertz CT molecular complexity index is 914. The predicted octanol–water partition coefficient (Wildman–Crippen LogP) is 3.90. The molecule has 1 aliphatic rings. The molecule has 136 valence electrons. The number of halogens is 1. The van der Waals surface area contributed by atoms with Crippen molar-refractivity contribution in [2.45, 2.75) is 24.2 Å². The highest BCUT2D eigenvalue weighted by molar-refractivity contribution is 7.89. The Morgan fingerprint density at radius 1 is 0.962 bits per heavy atom. The molecule has 1 heterocycles. The van der Waals surface area contributed by atoms with Gasteiger partial charge >= 0.3 is 0 Å². The van der Waals surface area contributed by atoms with Crippen LogP contribution in [0.25, 0.3) is 6.08 Å². The van der Waals surface area contributed by atoms with E-state index in [1.54, 1.807) is 18.2 Å². The van der Waals surface area contributed by atoms with Crippen molar-refractivity contribution in [1.29, 1.82) is 0 Å². The second kappa shape index (κ2) is 7.93. The summed E-state index contributed by atoms with van der Waals surface area (Å²) >= 11 is 0. The average molecular weight is 373 g/mol. The van der Waals surface area contributed by atoms with Gasteiger partial charge in [0.25, 0.3) is 0 Å². The number of hydrogen-bond acceptors (Lipinski definition) is 3. The van der Waals surface area contributed by atoms with Crippen LogP contribution in [0.1, 0.15) is 35.2 Å². The maximum absolute atomic E-state index is 13.6. The molecule has 0 amide bonds. The smallest absolute Gasteiger partial charge is 0.243 e. The fourth-order valence-corrected chi connectivity index (χ4v) is 4.43. The fraction of sp³-hybridized carbons (Fsp3) is 0.250. The van der Waals surface area contributed by atoms with E-state index < -0.39 is 15.8 Å². The lowest BCUT2D eigenvalue weighted by atomic mass is 10.1. The fourth-order valence-electron chi connectivity index (χ4n) is 2.92. The highest BCUT2D eigenvalue weighted by Gasteiger charge is 2.25. The van der Waals surface area contributed by atoms with Crippen LogP contribution in [0.2, 0.25) is 0 Å². The Balaban J connectivity index is 1.75. The summed E-state index contributed by atoms with van der Waals surface area (Å²) in [6.45, 7) is 1.07. The van der Waals surface area contributed by atoms with E-state index in [2.05, 4.69) is 0 Å². The van der Waals surface area contributed by atoms with E-state index in [0.717, 1.165) is 19.3 Å². The van der Waals surface area contributed by atoms with Crippen LogP contribution in [-0.4, -0.2) is 31.6 Å². The SMILES string of the molecule is O=C(C=Cc1ccccc1F)c1ccc(S(=O)(=O)N2CCCCC2)cc1. The normalized spacial score (nSPS) is 16.0. The highest BCUT2D eigenvalue weighted by Crippen LogP contribution is 2.21. The molecule has 1 aliphatic heterocycles. The molecule has 1 saturated heterocycles. The number of piperidine rings is 1. The number of hydrogen-bond donors (Lipinski definition) is 0. The molecule has 2 aromatic carbocycles.